The molecule has 5 N–H and O–H groups in total. The van der Waals surface area contributed by atoms with Crippen LogP contribution in [0.1, 0.15) is 25.1 Å². The van der Waals surface area contributed by atoms with Crippen molar-refractivity contribution in [1.29, 1.82) is 0 Å². The maximum atomic E-state index is 9.28. The first-order valence-corrected chi connectivity index (χ1v) is 7.14. The molecule has 104 valence electrons. The van der Waals surface area contributed by atoms with Gasteiger partial charge >= 0.3 is 0 Å². The Morgan fingerprint density at radius 1 is 1.47 bits per heavy atom. The Morgan fingerprint density at radius 2 is 2.26 bits per heavy atom. The summed E-state index contributed by atoms with van der Waals surface area (Å²) in [5, 5.41) is 13.5. The third kappa shape index (κ3) is 3.31. The van der Waals surface area contributed by atoms with Crippen molar-refractivity contribution in [2.75, 3.05) is 17.3 Å². The minimum Gasteiger partial charge on any atom is -0.393 e. The van der Waals surface area contributed by atoms with E-state index >= 15 is 0 Å². The van der Waals surface area contributed by atoms with Gasteiger partial charge in [-0.2, -0.15) is 4.98 Å². The van der Waals surface area contributed by atoms with Crippen molar-refractivity contribution >= 4 is 33.3 Å². The van der Waals surface area contributed by atoms with Gasteiger partial charge in [-0.1, -0.05) is 6.92 Å². The molecule has 6 nitrogen and oxygen atoms in total. The largest absolute Gasteiger partial charge is 0.393 e. The summed E-state index contributed by atoms with van der Waals surface area (Å²) < 4.78 is 0. The molecule has 0 aliphatic carbocycles. The Balaban J connectivity index is 2.30. The monoisotopic (exact) mass is 281 g/mol. The predicted octanol–water partition coefficient (Wildman–Crippen LogP) is 1.72. The van der Waals surface area contributed by atoms with Crippen molar-refractivity contribution < 1.29 is 5.11 Å². The van der Waals surface area contributed by atoms with Crippen LogP contribution in [0.3, 0.4) is 0 Å². The molecule has 2 aromatic heterocycles. The molecule has 0 spiro atoms. The summed E-state index contributed by atoms with van der Waals surface area (Å²) in [7, 11) is 0. The lowest BCUT2D eigenvalue weighted by atomic mass is 10.2. The van der Waals surface area contributed by atoms with E-state index in [2.05, 4.69) is 33.7 Å². The highest BCUT2D eigenvalue weighted by molar-refractivity contribution is 7.18. The Labute approximate surface area is 116 Å². The van der Waals surface area contributed by atoms with Crippen LogP contribution in [0.4, 0.5) is 11.8 Å². The van der Waals surface area contributed by atoms with Crippen molar-refractivity contribution in [3.05, 3.63) is 10.9 Å². The molecule has 1 unspecified atom stereocenters. The molecule has 0 bridgehead atoms. The maximum Gasteiger partial charge on any atom is 0.240 e. The number of hydrogen-bond donors (Lipinski definition) is 4. The molecule has 0 aliphatic heterocycles. The molecule has 0 aromatic carbocycles. The lowest BCUT2D eigenvalue weighted by molar-refractivity contribution is 0.188. The molecule has 7 heteroatoms. The number of aliphatic hydroxyl groups is 1. The average molecular weight is 281 g/mol. The number of nitrogen functional groups attached to an aromatic ring is 1. The fourth-order valence-electron chi connectivity index (χ4n) is 1.74. The third-order valence-electron chi connectivity index (χ3n) is 2.78. The van der Waals surface area contributed by atoms with E-state index in [1.54, 1.807) is 18.3 Å². The second kappa shape index (κ2) is 6.14. The molecule has 0 amide bonds. The molecule has 2 aromatic rings. The van der Waals surface area contributed by atoms with Crippen LogP contribution in [-0.2, 0) is 6.42 Å². The quantitative estimate of drug-likeness (QED) is 0.475. The molecule has 0 saturated carbocycles. The summed E-state index contributed by atoms with van der Waals surface area (Å²) in [5.41, 5.74) is 2.48. The zero-order chi connectivity index (χ0) is 13.8. The second-order valence-electron chi connectivity index (χ2n) is 4.39. The lowest BCUT2D eigenvalue weighted by Gasteiger charge is -2.09. The van der Waals surface area contributed by atoms with Gasteiger partial charge in [-0.3, -0.25) is 5.43 Å². The van der Waals surface area contributed by atoms with Crippen LogP contribution in [0.25, 0.3) is 10.2 Å². The van der Waals surface area contributed by atoms with E-state index in [0.29, 0.717) is 18.9 Å². The number of aryl methyl sites for hydroxylation is 1. The van der Waals surface area contributed by atoms with E-state index in [9.17, 15) is 5.11 Å². The molecule has 2 rings (SSSR count). The number of aromatic nitrogens is 2. The molecule has 0 fully saturated rings. The van der Waals surface area contributed by atoms with Gasteiger partial charge in [0.15, 0.2) is 0 Å². The zero-order valence-electron chi connectivity index (χ0n) is 11.1. The van der Waals surface area contributed by atoms with Crippen molar-refractivity contribution in [3.8, 4) is 0 Å². The van der Waals surface area contributed by atoms with Crippen molar-refractivity contribution in [2.24, 2.45) is 5.84 Å². The van der Waals surface area contributed by atoms with Crippen molar-refractivity contribution in [1.82, 2.24) is 9.97 Å². The first-order valence-electron chi connectivity index (χ1n) is 6.33. The molecule has 0 saturated heterocycles. The van der Waals surface area contributed by atoms with Crippen LogP contribution < -0.4 is 16.6 Å². The highest BCUT2D eigenvalue weighted by Crippen LogP contribution is 2.30. The standard InChI is InChI=1S/C12H19N5OS/c1-3-8-6-9-10(14-5-4-7(2)18)15-12(17-13)16-11(9)19-8/h6-7,18H,3-5,13H2,1-2H3,(H2,14,15,16,17). The van der Waals surface area contributed by atoms with Gasteiger partial charge in [-0.15, -0.1) is 11.3 Å². The van der Waals surface area contributed by atoms with E-state index in [4.69, 9.17) is 5.84 Å². The van der Waals surface area contributed by atoms with Gasteiger partial charge in [0.25, 0.3) is 0 Å². The van der Waals surface area contributed by atoms with Gasteiger partial charge in [0.1, 0.15) is 10.6 Å². The fourth-order valence-corrected chi connectivity index (χ4v) is 2.71. The average Bonchev–Trinajstić information content (AvgIpc) is 2.81. The smallest absolute Gasteiger partial charge is 0.240 e. The zero-order valence-corrected chi connectivity index (χ0v) is 11.9. The van der Waals surface area contributed by atoms with Crippen LogP contribution in [0.15, 0.2) is 6.07 Å². The van der Waals surface area contributed by atoms with Gasteiger partial charge in [0.2, 0.25) is 5.95 Å². The third-order valence-corrected chi connectivity index (χ3v) is 3.95. The molecular formula is C12H19N5OS. The number of nitrogens with zero attached hydrogens (tertiary/aromatic N) is 2. The summed E-state index contributed by atoms with van der Waals surface area (Å²) in [6.45, 7) is 4.54. The first kappa shape index (κ1) is 14.0. The molecule has 19 heavy (non-hydrogen) atoms. The van der Waals surface area contributed by atoms with E-state index in [-0.39, 0.29) is 6.10 Å². The number of anilines is 2. The number of fused-ring (bicyclic) bond motifs is 1. The highest BCUT2D eigenvalue weighted by atomic mass is 32.1. The van der Waals surface area contributed by atoms with Gasteiger partial charge in [0.05, 0.1) is 11.5 Å². The van der Waals surface area contributed by atoms with Crippen LogP contribution in [-0.4, -0.2) is 27.7 Å². The lowest BCUT2D eigenvalue weighted by Crippen LogP contribution is -2.14. The molecular weight excluding hydrogens is 262 g/mol. The maximum absolute atomic E-state index is 9.28. The number of rotatable bonds is 6. The summed E-state index contributed by atoms with van der Waals surface area (Å²) in [6, 6.07) is 2.10. The normalized spacial score (nSPS) is 12.6. The molecule has 2 heterocycles. The molecule has 0 aliphatic rings. The predicted molar refractivity (Wildman–Crippen MR) is 79.4 cm³/mol. The van der Waals surface area contributed by atoms with Gasteiger partial charge < -0.3 is 10.4 Å². The van der Waals surface area contributed by atoms with E-state index in [0.717, 1.165) is 22.5 Å². The Morgan fingerprint density at radius 3 is 2.89 bits per heavy atom. The SMILES string of the molecule is CCc1cc2c(NCCC(C)O)nc(NN)nc2s1. The van der Waals surface area contributed by atoms with Crippen LogP contribution in [0.5, 0.6) is 0 Å². The van der Waals surface area contributed by atoms with Crippen LogP contribution in [0.2, 0.25) is 0 Å². The Hall–Kier alpha value is -1.44. The van der Waals surface area contributed by atoms with Crippen LogP contribution >= 0.6 is 11.3 Å². The summed E-state index contributed by atoms with van der Waals surface area (Å²) >= 11 is 1.64. The first-order chi connectivity index (χ1) is 9.13. The number of hydrogen-bond acceptors (Lipinski definition) is 7. The molecule has 0 radical (unpaired) electrons. The van der Waals surface area contributed by atoms with Crippen molar-refractivity contribution in [3.63, 3.8) is 0 Å². The number of thiophene rings is 1. The summed E-state index contributed by atoms with van der Waals surface area (Å²) in [6.07, 6.45) is 1.31. The minimum atomic E-state index is -0.328. The topological polar surface area (TPSA) is 96.1 Å². The number of hydrazine groups is 1. The van der Waals surface area contributed by atoms with Gasteiger partial charge in [-0.25, -0.2) is 10.8 Å². The van der Waals surface area contributed by atoms with E-state index in [1.807, 2.05) is 0 Å². The fraction of sp³-hybridized carbons (Fsp3) is 0.500. The van der Waals surface area contributed by atoms with E-state index in [1.165, 1.54) is 4.88 Å². The van der Waals surface area contributed by atoms with Gasteiger partial charge in [-0.05, 0) is 25.8 Å². The highest BCUT2D eigenvalue weighted by Gasteiger charge is 2.10. The molecule has 1 atom stereocenters. The van der Waals surface area contributed by atoms with Gasteiger partial charge in [0, 0.05) is 11.4 Å². The second-order valence-corrected chi connectivity index (χ2v) is 5.50. The number of nitrogens with one attached hydrogen (secondary N) is 2. The van der Waals surface area contributed by atoms with E-state index < -0.39 is 0 Å². The number of nitrogens with two attached hydrogens (primary N) is 1. The Bertz CT molecular complexity index is 554. The van der Waals surface area contributed by atoms with Crippen LogP contribution in [0, 0.1) is 0 Å². The van der Waals surface area contributed by atoms with Crippen molar-refractivity contribution in [2.45, 2.75) is 32.8 Å². The minimum absolute atomic E-state index is 0.328. The summed E-state index contributed by atoms with van der Waals surface area (Å²) in [5.74, 6) is 6.55. The Kier molecular flexibility index (Phi) is 4.52. The summed E-state index contributed by atoms with van der Waals surface area (Å²) in [4.78, 5) is 10.9. The number of aliphatic hydroxyl groups excluding tert-OH is 1.